The largest absolute Gasteiger partial charge is 0.307 e. The zero-order chi connectivity index (χ0) is 14.8. The second-order valence-corrected chi connectivity index (χ2v) is 6.13. The number of nitrogens with zero attached hydrogens (tertiary/aromatic N) is 3. The quantitative estimate of drug-likeness (QED) is 0.537. The van der Waals surface area contributed by atoms with E-state index in [1.165, 1.54) is 12.3 Å². The molecule has 2 aromatic heterocycles. The van der Waals surface area contributed by atoms with Gasteiger partial charge in [0.15, 0.2) is 5.82 Å². The predicted octanol–water partition coefficient (Wildman–Crippen LogP) is 0.233. The first-order valence-electron chi connectivity index (χ1n) is 5.53. The third kappa shape index (κ3) is 3.25. The maximum absolute atomic E-state index is 12.1. The number of hydrogen-bond donors (Lipinski definition) is 3. The minimum atomic E-state index is -3.71. The van der Waals surface area contributed by atoms with E-state index in [2.05, 4.69) is 20.2 Å². The molecule has 0 aliphatic carbocycles. The van der Waals surface area contributed by atoms with E-state index >= 15 is 0 Å². The van der Waals surface area contributed by atoms with Crippen molar-refractivity contribution in [2.45, 2.75) is 11.4 Å². The van der Waals surface area contributed by atoms with Crippen molar-refractivity contribution in [3.8, 4) is 0 Å². The summed E-state index contributed by atoms with van der Waals surface area (Å²) in [6.07, 6.45) is 2.89. The number of aromatic nitrogens is 3. The van der Waals surface area contributed by atoms with E-state index in [0.29, 0.717) is 5.69 Å². The highest BCUT2D eigenvalue weighted by Gasteiger charge is 2.16. The van der Waals surface area contributed by atoms with Gasteiger partial charge in [-0.15, -0.1) is 0 Å². The van der Waals surface area contributed by atoms with Crippen LogP contribution in [-0.4, -0.2) is 23.2 Å². The molecular weight excluding hydrogens is 304 g/mol. The maximum Gasteiger partial charge on any atom is 0.242 e. The van der Waals surface area contributed by atoms with Gasteiger partial charge in [-0.05, 0) is 12.1 Å². The highest BCUT2D eigenvalue weighted by atomic mass is 35.5. The summed E-state index contributed by atoms with van der Waals surface area (Å²) in [6.45, 7) is 0.0810. The summed E-state index contributed by atoms with van der Waals surface area (Å²) >= 11 is 5.84. The standard InChI is InChI=1S/C10H13ClN6O2S/c1-17-3-2-7(16-17)5-14-20(18,19)8-4-9(11)10(15-12)13-6-8/h2-4,6,14H,5,12H2,1H3,(H,13,15). The van der Waals surface area contributed by atoms with Gasteiger partial charge in [0.25, 0.3) is 0 Å². The van der Waals surface area contributed by atoms with Crippen LogP contribution in [0.4, 0.5) is 5.82 Å². The number of aryl methyl sites for hydroxylation is 1. The van der Waals surface area contributed by atoms with E-state index in [0.717, 1.165) is 0 Å². The zero-order valence-electron chi connectivity index (χ0n) is 10.5. The Morgan fingerprint density at radius 1 is 1.50 bits per heavy atom. The second-order valence-electron chi connectivity index (χ2n) is 3.95. The van der Waals surface area contributed by atoms with Gasteiger partial charge in [-0.2, -0.15) is 5.10 Å². The summed E-state index contributed by atoms with van der Waals surface area (Å²) in [5.74, 6) is 5.38. The highest BCUT2D eigenvalue weighted by Crippen LogP contribution is 2.21. The number of sulfonamides is 1. The Balaban J connectivity index is 2.15. The number of hydrazine groups is 1. The molecule has 0 saturated heterocycles. The van der Waals surface area contributed by atoms with Crippen molar-refractivity contribution in [2.24, 2.45) is 12.9 Å². The third-order valence-electron chi connectivity index (χ3n) is 2.48. The van der Waals surface area contributed by atoms with Gasteiger partial charge in [0, 0.05) is 19.4 Å². The van der Waals surface area contributed by atoms with Crippen molar-refractivity contribution in [1.82, 2.24) is 19.5 Å². The van der Waals surface area contributed by atoms with Crippen molar-refractivity contribution >= 4 is 27.4 Å². The number of halogens is 1. The minimum absolute atomic E-state index is 0.0440. The Hall–Kier alpha value is -1.68. The van der Waals surface area contributed by atoms with Crippen LogP contribution in [0.25, 0.3) is 0 Å². The molecule has 0 amide bonds. The molecule has 0 atom stereocenters. The molecule has 0 aliphatic heterocycles. The Labute approximate surface area is 121 Å². The number of nitrogens with two attached hydrogens (primary N) is 1. The molecule has 10 heteroatoms. The van der Waals surface area contributed by atoms with Crippen molar-refractivity contribution in [1.29, 1.82) is 0 Å². The Bertz CT molecular complexity index is 714. The van der Waals surface area contributed by atoms with Crippen LogP contribution in [0, 0.1) is 0 Å². The van der Waals surface area contributed by atoms with Crippen LogP contribution in [-0.2, 0) is 23.6 Å². The molecule has 2 rings (SSSR count). The molecule has 0 bridgehead atoms. The fraction of sp³-hybridized carbons (Fsp3) is 0.200. The van der Waals surface area contributed by atoms with Gasteiger partial charge in [-0.25, -0.2) is 24.0 Å². The third-order valence-corrected chi connectivity index (χ3v) is 4.13. The number of hydrogen-bond acceptors (Lipinski definition) is 6. The van der Waals surface area contributed by atoms with Crippen molar-refractivity contribution in [2.75, 3.05) is 5.43 Å². The van der Waals surface area contributed by atoms with Crippen LogP contribution in [0.5, 0.6) is 0 Å². The van der Waals surface area contributed by atoms with Gasteiger partial charge in [0.05, 0.1) is 17.3 Å². The minimum Gasteiger partial charge on any atom is -0.307 e. The average molecular weight is 317 g/mol. The Kier molecular flexibility index (Phi) is 4.23. The van der Waals surface area contributed by atoms with Crippen LogP contribution in [0.3, 0.4) is 0 Å². The van der Waals surface area contributed by atoms with Gasteiger partial charge in [0.2, 0.25) is 10.0 Å². The smallest absolute Gasteiger partial charge is 0.242 e. The van der Waals surface area contributed by atoms with Crippen LogP contribution in [0.15, 0.2) is 29.4 Å². The summed E-state index contributed by atoms with van der Waals surface area (Å²) in [5, 5.41) is 4.19. The normalized spacial score (nSPS) is 11.6. The van der Waals surface area contributed by atoms with Crippen molar-refractivity contribution in [3.05, 3.63) is 35.2 Å². The molecule has 0 saturated carbocycles. The van der Waals surface area contributed by atoms with Crippen molar-refractivity contribution < 1.29 is 8.42 Å². The molecule has 2 heterocycles. The fourth-order valence-corrected chi connectivity index (χ4v) is 2.74. The SMILES string of the molecule is Cn1ccc(CNS(=O)(=O)c2cnc(NN)c(Cl)c2)n1. The summed E-state index contributed by atoms with van der Waals surface area (Å²) in [6, 6.07) is 2.99. The van der Waals surface area contributed by atoms with Gasteiger partial charge in [-0.3, -0.25) is 4.68 Å². The summed E-state index contributed by atoms with van der Waals surface area (Å²) in [7, 11) is -1.96. The van der Waals surface area contributed by atoms with Gasteiger partial charge in [0.1, 0.15) is 4.90 Å². The lowest BCUT2D eigenvalue weighted by atomic mass is 10.4. The number of nitrogens with one attached hydrogen (secondary N) is 2. The molecule has 108 valence electrons. The molecule has 0 aliphatic rings. The van der Waals surface area contributed by atoms with E-state index < -0.39 is 10.0 Å². The molecule has 0 aromatic carbocycles. The van der Waals surface area contributed by atoms with Crippen LogP contribution < -0.4 is 16.0 Å². The van der Waals surface area contributed by atoms with E-state index in [9.17, 15) is 8.42 Å². The lowest BCUT2D eigenvalue weighted by molar-refractivity contribution is 0.579. The van der Waals surface area contributed by atoms with E-state index in [4.69, 9.17) is 17.4 Å². The molecule has 4 N–H and O–H groups in total. The number of pyridine rings is 1. The first kappa shape index (κ1) is 14.7. The van der Waals surface area contributed by atoms with E-state index in [-0.39, 0.29) is 22.3 Å². The molecule has 0 spiro atoms. The molecule has 2 aromatic rings. The molecule has 0 fully saturated rings. The number of rotatable bonds is 5. The van der Waals surface area contributed by atoms with Crippen LogP contribution >= 0.6 is 11.6 Å². The van der Waals surface area contributed by atoms with E-state index in [1.807, 2.05) is 0 Å². The average Bonchev–Trinajstić information content (AvgIpc) is 2.82. The summed E-state index contributed by atoms with van der Waals surface area (Å²) in [5.41, 5.74) is 2.87. The lowest BCUT2D eigenvalue weighted by Crippen LogP contribution is -2.24. The Morgan fingerprint density at radius 3 is 2.80 bits per heavy atom. The monoisotopic (exact) mass is 316 g/mol. The number of anilines is 1. The second kappa shape index (κ2) is 5.75. The van der Waals surface area contributed by atoms with Gasteiger partial charge < -0.3 is 5.43 Å². The maximum atomic E-state index is 12.1. The fourth-order valence-electron chi connectivity index (χ4n) is 1.48. The highest BCUT2D eigenvalue weighted by molar-refractivity contribution is 7.89. The molecule has 8 nitrogen and oxygen atoms in total. The number of nitrogen functional groups attached to an aromatic ring is 1. The molecule has 20 heavy (non-hydrogen) atoms. The van der Waals surface area contributed by atoms with E-state index in [1.54, 1.807) is 24.0 Å². The predicted molar refractivity (Wildman–Crippen MR) is 74.3 cm³/mol. The van der Waals surface area contributed by atoms with Gasteiger partial charge >= 0.3 is 0 Å². The van der Waals surface area contributed by atoms with Gasteiger partial charge in [-0.1, -0.05) is 11.6 Å². The lowest BCUT2D eigenvalue weighted by Gasteiger charge is -2.07. The van der Waals surface area contributed by atoms with Crippen LogP contribution in [0.2, 0.25) is 5.02 Å². The van der Waals surface area contributed by atoms with Crippen LogP contribution in [0.1, 0.15) is 5.69 Å². The molecular formula is C10H13ClN6O2S. The zero-order valence-corrected chi connectivity index (χ0v) is 12.1. The Morgan fingerprint density at radius 2 is 2.25 bits per heavy atom. The summed E-state index contributed by atoms with van der Waals surface area (Å²) < 4.78 is 28.1. The summed E-state index contributed by atoms with van der Waals surface area (Å²) in [4.78, 5) is 3.77. The topological polar surface area (TPSA) is 115 Å². The molecule has 0 radical (unpaired) electrons. The first-order valence-corrected chi connectivity index (χ1v) is 7.39. The van der Waals surface area contributed by atoms with Crippen molar-refractivity contribution in [3.63, 3.8) is 0 Å². The first-order chi connectivity index (χ1) is 9.42. The molecule has 0 unspecified atom stereocenters.